The number of ether oxygens (including phenoxy) is 1. The van der Waals surface area contributed by atoms with Gasteiger partial charge in [-0.3, -0.25) is 4.98 Å². The molecule has 2 heterocycles. The molecule has 1 aliphatic heterocycles. The summed E-state index contributed by atoms with van der Waals surface area (Å²) < 4.78 is 5.41. The Hall–Kier alpha value is -2.40. The number of aliphatic hydroxyl groups is 1. The monoisotopic (exact) mass is 340 g/mol. The van der Waals surface area contributed by atoms with E-state index in [-0.39, 0.29) is 24.8 Å². The first-order chi connectivity index (χ1) is 12.1. The van der Waals surface area contributed by atoms with Crippen molar-refractivity contribution in [3.63, 3.8) is 0 Å². The van der Waals surface area contributed by atoms with Crippen molar-refractivity contribution >= 4 is 6.09 Å². The van der Waals surface area contributed by atoms with Crippen molar-refractivity contribution < 1.29 is 14.6 Å². The largest absolute Gasteiger partial charge is 0.446 e. The Labute approximate surface area is 148 Å². The molecule has 5 nitrogen and oxygen atoms in total. The minimum Gasteiger partial charge on any atom is -0.446 e. The SMILES string of the molecule is Cc1cc(-c2ccc(C(C)N3CCC(CCO)OC3=O)cc2)ccn1. The van der Waals surface area contributed by atoms with E-state index in [0.717, 1.165) is 28.8 Å². The number of nitrogens with zero attached hydrogens (tertiary/aromatic N) is 2. The van der Waals surface area contributed by atoms with Gasteiger partial charge in [0.2, 0.25) is 0 Å². The summed E-state index contributed by atoms with van der Waals surface area (Å²) in [6.45, 7) is 4.69. The van der Waals surface area contributed by atoms with Gasteiger partial charge >= 0.3 is 6.09 Å². The molecule has 1 N–H and O–H groups in total. The minimum absolute atomic E-state index is 0.0451. The fourth-order valence-corrected chi connectivity index (χ4v) is 3.20. The number of pyridine rings is 1. The summed E-state index contributed by atoms with van der Waals surface area (Å²) in [5.41, 5.74) is 4.33. The van der Waals surface area contributed by atoms with Gasteiger partial charge in [-0.1, -0.05) is 24.3 Å². The van der Waals surface area contributed by atoms with Crippen LogP contribution >= 0.6 is 0 Å². The summed E-state index contributed by atoms with van der Waals surface area (Å²) in [5, 5.41) is 8.99. The maximum absolute atomic E-state index is 12.2. The second-order valence-electron chi connectivity index (χ2n) is 6.48. The highest BCUT2D eigenvalue weighted by Crippen LogP contribution is 2.28. The van der Waals surface area contributed by atoms with Crippen LogP contribution in [0.15, 0.2) is 42.6 Å². The summed E-state index contributed by atoms with van der Waals surface area (Å²) in [4.78, 5) is 18.2. The molecule has 0 aliphatic carbocycles. The van der Waals surface area contributed by atoms with Crippen LogP contribution in [0.3, 0.4) is 0 Å². The maximum atomic E-state index is 12.2. The lowest BCUT2D eigenvalue weighted by atomic mass is 10.0. The summed E-state index contributed by atoms with van der Waals surface area (Å²) in [6.07, 6.45) is 2.61. The zero-order valence-corrected chi connectivity index (χ0v) is 14.7. The molecule has 1 aromatic carbocycles. The third-order valence-corrected chi connectivity index (χ3v) is 4.74. The number of cyclic esters (lactones) is 1. The standard InChI is InChI=1S/C20H24N2O3/c1-14-13-18(7-10-21-14)17-5-3-16(4-6-17)15(2)22-11-8-19(9-12-23)25-20(22)24/h3-7,10,13,15,19,23H,8-9,11-12H2,1-2H3. The first-order valence-electron chi connectivity index (χ1n) is 8.69. The Bertz CT molecular complexity index is 730. The highest BCUT2D eigenvalue weighted by molar-refractivity contribution is 5.69. The molecular weight excluding hydrogens is 316 g/mol. The van der Waals surface area contributed by atoms with Crippen molar-refractivity contribution in [2.24, 2.45) is 0 Å². The van der Waals surface area contributed by atoms with Gasteiger partial charge in [-0.2, -0.15) is 0 Å². The molecule has 0 spiro atoms. The van der Waals surface area contributed by atoms with Crippen molar-refractivity contribution in [3.05, 3.63) is 53.9 Å². The number of hydrogen-bond donors (Lipinski definition) is 1. The van der Waals surface area contributed by atoms with Crippen LogP contribution in [0.4, 0.5) is 4.79 Å². The van der Waals surface area contributed by atoms with Gasteiger partial charge in [0.25, 0.3) is 0 Å². The molecule has 1 aliphatic rings. The van der Waals surface area contributed by atoms with Gasteiger partial charge in [0, 0.05) is 37.9 Å². The summed E-state index contributed by atoms with van der Waals surface area (Å²) in [6, 6.07) is 12.3. The molecule has 0 radical (unpaired) electrons. The lowest BCUT2D eigenvalue weighted by Crippen LogP contribution is -2.43. The van der Waals surface area contributed by atoms with E-state index >= 15 is 0 Å². The zero-order valence-electron chi connectivity index (χ0n) is 14.7. The lowest BCUT2D eigenvalue weighted by Gasteiger charge is -2.35. The average molecular weight is 340 g/mol. The molecule has 1 saturated heterocycles. The molecule has 1 aromatic heterocycles. The molecule has 5 heteroatoms. The Balaban J connectivity index is 1.71. The van der Waals surface area contributed by atoms with E-state index in [1.165, 1.54) is 0 Å². The first kappa shape index (κ1) is 17.4. The molecular formula is C20H24N2O3. The van der Waals surface area contributed by atoms with Crippen LogP contribution in [0.1, 0.15) is 37.1 Å². The van der Waals surface area contributed by atoms with Crippen LogP contribution in [0.25, 0.3) is 11.1 Å². The van der Waals surface area contributed by atoms with E-state index in [1.807, 2.05) is 26.1 Å². The Morgan fingerprint density at radius 3 is 2.68 bits per heavy atom. The van der Waals surface area contributed by atoms with Crippen molar-refractivity contribution in [2.45, 2.75) is 38.8 Å². The Kier molecular flexibility index (Phi) is 5.34. The predicted molar refractivity (Wildman–Crippen MR) is 96.1 cm³/mol. The number of hydrogen-bond acceptors (Lipinski definition) is 4. The Morgan fingerprint density at radius 2 is 2.04 bits per heavy atom. The molecule has 2 atom stereocenters. The quantitative estimate of drug-likeness (QED) is 0.901. The minimum atomic E-state index is -0.300. The van der Waals surface area contributed by atoms with Crippen LogP contribution in [-0.2, 0) is 4.74 Å². The predicted octanol–water partition coefficient (Wildman–Crippen LogP) is 3.71. The average Bonchev–Trinajstić information content (AvgIpc) is 2.62. The van der Waals surface area contributed by atoms with E-state index in [9.17, 15) is 4.79 Å². The van der Waals surface area contributed by atoms with Gasteiger partial charge in [-0.15, -0.1) is 0 Å². The van der Waals surface area contributed by atoms with Crippen molar-refractivity contribution in [2.75, 3.05) is 13.2 Å². The van der Waals surface area contributed by atoms with E-state index in [0.29, 0.717) is 13.0 Å². The van der Waals surface area contributed by atoms with Crippen molar-refractivity contribution in [3.8, 4) is 11.1 Å². The van der Waals surface area contributed by atoms with Gasteiger partial charge in [0.05, 0.1) is 6.04 Å². The molecule has 1 amide bonds. The fourth-order valence-electron chi connectivity index (χ4n) is 3.20. The van der Waals surface area contributed by atoms with Gasteiger partial charge in [0.1, 0.15) is 6.10 Å². The summed E-state index contributed by atoms with van der Waals surface area (Å²) in [5.74, 6) is 0. The molecule has 3 rings (SSSR count). The van der Waals surface area contributed by atoms with Crippen LogP contribution in [0.5, 0.6) is 0 Å². The third-order valence-electron chi connectivity index (χ3n) is 4.74. The number of carbonyl (C=O) groups is 1. The molecule has 0 saturated carbocycles. The highest BCUT2D eigenvalue weighted by atomic mass is 16.6. The van der Waals surface area contributed by atoms with E-state index < -0.39 is 0 Å². The van der Waals surface area contributed by atoms with E-state index in [4.69, 9.17) is 9.84 Å². The number of carbonyl (C=O) groups excluding carboxylic acids is 1. The fraction of sp³-hybridized carbons (Fsp3) is 0.400. The van der Waals surface area contributed by atoms with Crippen LogP contribution in [0, 0.1) is 6.92 Å². The molecule has 0 bridgehead atoms. The second kappa shape index (κ2) is 7.66. The number of amides is 1. The van der Waals surface area contributed by atoms with Crippen LogP contribution < -0.4 is 0 Å². The maximum Gasteiger partial charge on any atom is 0.410 e. The molecule has 132 valence electrons. The third kappa shape index (κ3) is 3.99. The number of aromatic nitrogens is 1. The highest BCUT2D eigenvalue weighted by Gasteiger charge is 2.30. The van der Waals surface area contributed by atoms with Gasteiger partial charge in [-0.25, -0.2) is 4.79 Å². The van der Waals surface area contributed by atoms with E-state index in [2.05, 4.69) is 35.3 Å². The van der Waals surface area contributed by atoms with Crippen molar-refractivity contribution in [1.82, 2.24) is 9.88 Å². The summed E-state index contributed by atoms with van der Waals surface area (Å²) in [7, 11) is 0. The topological polar surface area (TPSA) is 62.7 Å². The second-order valence-corrected chi connectivity index (χ2v) is 6.48. The van der Waals surface area contributed by atoms with Gasteiger partial charge in [0.15, 0.2) is 0 Å². The summed E-state index contributed by atoms with van der Waals surface area (Å²) >= 11 is 0. The number of rotatable bonds is 5. The molecule has 1 fully saturated rings. The van der Waals surface area contributed by atoms with Gasteiger partial charge in [-0.05, 0) is 42.7 Å². The smallest absolute Gasteiger partial charge is 0.410 e. The number of benzene rings is 1. The first-order valence-corrected chi connectivity index (χ1v) is 8.69. The Morgan fingerprint density at radius 1 is 1.28 bits per heavy atom. The number of aryl methyl sites for hydroxylation is 1. The normalized spacial score (nSPS) is 18.8. The molecule has 2 aromatic rings. The van der Waals surface area contributed by atoms with Crippen molar-refractivity contribution in [1.29, 1.82) is 0 Å². The van der Waals surface area contributed by atoms with E-state index in [1.54, 1.807) is 4.90 Å². The van der Waals surface area contributed by atoms with Crippen LogP contribution in [0.2, 0.25) is 0 Å². The van der Waals surface area contributed by atoms with Gasteiger partial charge < -0.3 is 14.7 Å². The molecule has 25 heavy (non-hydrogen) atoms. The zero-order chi connectivity index (χ0) is 17.8. The lowest BCUT2D eigenvalue weighted by molar-refractivity contribution is 0.00401. The van der Waals surface area contributed by atoms with Crippen LogP contribution in [-0.4, -0.2) is 40.3 Å². The molecule has 2 unspecified atom stereocenters. The number of aliphatic hydroxyl groups excluding tert-OH is 1.